The molecule has 0 radical (unpaired) electrons. The Balaban J connectivity index is 4.25. The molecule has 0 bridgehead atoms. The molecule has 0 fully saturated rings. The smallest absolute Gasteiger partial charge is 0.407 e. The van der Waals surface area contributed by atoms with Crippen molar-refractivity contribution in [2.75, 3.05) is 6.54 Å². The molecule has 0 aliphatic heterocycles. The molecule has 4 nitrogen and oxygen atoms in total. The van der Waals surface area contributed by atoms with Crippen LogP contribution in [0.4, 0.5) is 4.79 Å². The summed E-state index contributed by atoms with van der Waals surface area (Å²) in [7, 11) is 0. The van der Waals surface area contributed by atoms with Gasteiger partial charge < -0.3 is 15.8 Å². The molecule has 0 aromatic heterocycles. The number of hydrogen-bond donors (Lipinski definition) is 2. The molecule has 0 aliphatic carbocycles. The van der Waals surface area contributed by atoms with Gasteiger partial charge >= 0.3 is 6.09 Å². The highest BCUT2D eigenvalue weighted by atomic mass is 16.6. The third-order valence-electron chi connectivity index (χ3n) is 2.43. The Bertz CT molecular complexity index is 193. The summed E-state index contributed by atoms with van der Waals surface area (Å²) in [6, 6.07) is 0. The molecule has 1 amide bonds. The monoisotopic (exact) mass is 202 g/mol. The summed E-state index contributed by atoms with van der Waals surface area (Å²) in [4.78, 5) is 11.3. The Kier molecular flexibility index (Phi) is 4.91. The highest BCUT2D eigenvalue weighted by Gasteiger charge is 2.29. The summed E-state index contributed by atoms with van der Waals surface area (Å²) in [5, 5.41) is 2.79. The highest BCUT2D eigenvalue weighted by molar-refractivity contribution is 5.68. The van der Waals surface area contributed by atoms with Crippen LogP contribution in [0.15, 0.2) is 0 Å². The standard InChI is InChI=1S/C10H22N2O2/c1-7(2)10(5,6-11)12-9(13)14-8(3)4/h7-8H,6,11H2,1-5H3,(H,12,13). The van der Waals surface area contributed by atoms with E-state index in [1.807, 2.05) is 34.6 Å². The van der Waals surface area contributed by atoms with E-state index in [2.05, 4.69) is 5.32 Å². The first-order chi connectivity index (χ1) is 6.31. The summed E-state index contributed by atoms with van der Waals surface area (Å²) >= 11 is 0. The molecule has 3 N–H and O–H groups in total. The predicted molar refractivity (Wildman–Crippen MR) is 57.1 cm³/mol. The Morgan fingerprint density at radius 1 is 1.43 bits per heavy atom. The summed E-state index contributed by atoms with van der Waals surface area (Å²) in [6.07, 6.45) is -0.508. The molecule has 0 saturated heterocycles. The van der Waals surface area contributed by atoms with Gasteiger partial charge in [-0.15, -0.1) is 0 Å². The third-order valence-corrected chi connectivity index (χ3v) is 2.43. The Labute approximate surface area is 86.2 Å². The number of nitrogens with one attached hydrogen (secondary N) is 1. The van der Waals surface area contributed by atoms with Gasteiger partial charge in [0.05, 0.1) is 11.6 Å². The van der Waals surface area contributed by atoms with Crippen LogP contribution in [0.5, 0.6) is 0 Å². The van der Waals surface area contributed by atoms with Crippen LogP contribution in [0.25, 0.3) is 0 Å². The van der Waals surface area contributed by atoms with Crippen LogP contribution in [0.2, 0.25) is 0 Å². The van der Waals surface area contributed by atoms with E-state index in [0.29, 0.717) is 6.54 Å². The molecule has 0 saturated carbocycles. The van der Waals surface area contributed by atoms with Crippen LogP contribution in [0.3, 0.4) is 0 Å². The topological polar surface area (TPSA) is 64.3 Å². The van der Waals surface area contributed by atoms with E-state index >= 15 is 0 Å². The number of rotatable bonds is 4. The van der Waals surface area contributed by atoms with Crippen molar-refractivity contribution in [2.24, 2.45) is 11.7 Å². The molecule has 1 atom stereocenters. The highest BCUT2D eigenvalue weighted by Crippen LogP contribution is 2.14. The van der Waals surface area contributed by atoms with Crippen molar-refractivity contribution in [3.05, 3.63) is 0 Å². The van der Waals surface area contributed by atoms with Crippen molar-refractivity contribution >= 4 is 6.09 Å². The fourth-order valence-corrected chi connectivity index (χ4v) is 0.908. The van der Waals surface area contributed by atoms with Crippen molar-refractivity contribution in [1.29, 1.82) is 0 Å². The van der Waals surface area contributed by atoms with Crippen LogP contribution < -0.4 is 11.1 Å². The number of alkyl carbamates (subject to hydrolysis) is 1. The number of amides is 1. The van der Waals surface area contributed by atoms with E-state index in [4.69, 9.17) is 10.5 Å². The van der Waals surface area contributed by atoms with E-state index in [1.165, 1.54) is 0 Å². The molecule has 0 aliphatic rings. The SMILES string of the molecule is CC(C)OC(=O)NC(C)(CN)C(C)C. The lowest BCUT2D eigenvalue weighted by Crippen LogP contribution is -2.55. The quantitative estimate of drug-likeness (QED) is 0.726. The molecule has 0 spiro atoms. The Morgan fingerprint density at radius 3 is 2.21 bits per heavy atom. The average molecular weight is 202 g/mol. The van der Waals surface area contributed by atoms with Crippen LogP contribution in [0, 0.1) is 5.92 Å². The van der Waals surface area contributed by atoms with Gasteiger partial charge in [-0.3, -0.25) is 0 Å². The second kappa shape index (κ2) is 5.20. The van der Waals surface area contributed by atoms with Gasteiger partial charge in [0.2, 0.25) is 0 Å². The summed E-state index contributed by atoms with van der Waals surface area (Å²) in [5.41, 5.74) is 5.22. The van der Waals surface area contributed by atoms with Crippen molar-refractivity contribution in [3.8, 4) is 0 Å². The Morgan fingerprint density at radius 2 is 1.93 bits per heavy atom. The van der Waals surface area contributed by atoms with E-state index < -0.39 is 11.6 Å². The van der Waals surface area contributed by atoms with Crippen molar-refractivity contribution in [1.82, 2.24) is 5.32 Å². The molecule has 4 heteroatoms. The van der Waals surface area contributed by atoms with E-state index in [9.17, 15) is 4.79 Å². The van der Waals surface area contributed by atoms with Gasteiger partial charge in [-0.2, -0.15) is 0 Å². The zero-order valence-corrected chi connectivity index (χ0v) is 9.76. The molecule has 0 aromatic rings. The second-order valence-electron chi connectivity index (χ2n) is 4.36. The predicted octanol–water partition coefficient (Wildman–Crippen LogP) is 1.49. The summed E-state index contributed by atoms with van der Waals surface area (Å²) in [5.74, 6) is 0.271. The van der Waals surface area contributed by atoms with Crippen molar-refractivity contribution in [3.63, 3.8) is 0 Å². The van der Waals surface area contributed by atoms with Crippen LogP contribution in [0.1, 0.15) is 34.6 Å². The molecule has 0 rings (SSSR count). The summed E-state index contributed by atoms with van der Waals surface area (Å²) in [6.45, 7) is 9.98. The first-order valence-electron chi connectivity index (χ1n) is 5.00. The molecule has 0 heterocycles. The van der Waals surface area contributed by atoms with Gasteiger partial charge in [-0.05, 0) is 26.7 Å². The molecule has 1 unspecified atom stereocenters. The van der Waals surface area contributed by atoms with E-state index in [0.717, 1.165) is 0 Å². The fraction of sp³-hybridized carbons (Fsp3) is 0.900. The maximum absolute atomic E-state index is 11.3. The summed E-state index contributed by atoms with van der Waals surface area (Å²) < 4.78 is 4.99. The minimum Gasteiger partial charge on any atom is -0.447 e. The number of carbonyl (C=O) groups is 1. The fourth-order valence-electron chi connectivity index (χ4n) is 0.908. The molecule has 84 valence electrons. The maximum atomic E-state index is 11.3. The van der Waals surface area contributed by atoms with Crippen LogP contribution in [-0.4, -0.2) is 24.3 Å². The normalized spacial score (nSPS) is 15.4. The average Bonchev–Trinajstić information content (AvgIpc) is 2.01. The number of carbonyl (C=O) groups excluding carboxylic acids is 1. The lowest BCUT2D eigenvalue weighted by Gasteiger charge is -2.33. The van der Waals surface area contributed by atoms with Gasteiger partial charge in [-0.25, -0.2) is 4.79 Å². The van der Waals surface area contributed by atoms with Gasteiger partial charge in [-0.1, -0.05) is 13.8 Å². The zero-order chi connectivity index (χ0) is 11.4. The Hall–Kier alpha value is -0.770. The van der Waals surface area contributed by atoms with Gasteiger partial charge in [0, 0.05) is 6.54 Å². The molecule has 0 aromatic carbocycles. The van der Waals surface area contributed by atoms with Gasteiger partial charge in [0.15, 0.2) is 0 Å². The number of hydrogen-bond acceptors (Lipinski definition) is 3. The number of nitrogens with two attached hydrogens (primary N) is 1. The van der Waals surface area contributed by atoms with Crippen molar-refractivity contribution in [2.45, 2.75) is 46.3 Å². The minimum atomic E-state index is -0.401. The third kappa shape index (κ3) is 3.96. The second-order valence-corrected chi connectivity index (χ2v) is 4.36. The van der Waals surface area contributed by atoms with Crippen LogP contribution in [-0.2, 0) is 4.74 Å². The first-order valence-corrected chi connectivity index (χ1v) is 5.00. The van der Waals surface area contributed by atoms with Gasteiger partial charge in [0.25, 0.3) is 0 Å². The van der Waals surface area contributed by atoms with E-state index in [1.54, 1.807) is 0 Å². The number of ether oxygens (including phenoxy) is 1. The van der Waals surface area contributed by atoms with E-state index in [-0.39, 0.29) is 12.0 Å². The molecular formula is C10H22N2O2. The lowest BCUT2D eigenvalue weighted by molar-refractivity contribution is 0.100. The van der Waals surface area contributed by atoms with Gasteiger partial charge in [0.1, 0.15) is 0 Å². The van der Waals surface area contributed by atoms with Crippen LogP contribution >= 0.6 is 0 Å². The largest absolute Gasteiger partial charge is 0.447 e. The zero-order valence-electron chi connectivity index (χ0n) is 9.76. The maximum Gasteiger partial charge on any atom is 0.407 e. The van der Waals surface area contributed by atoms with Crippen molar-refractivity contribution < 1.29 is 9.53 Å². The minimum absolute atomic E-state index is 0.107. The first kappa shape index (κ1) is 13.2. The molecular weight excluding hydrogens is 180 g/mol. The lowest BCUT2D eigenvalue weighted by atomic mass is 9.89. The molecule has 14 heavy (non-hydrogen) atoms.